The maximum absolute atomic E-state index is 13.0. The molecule has 0 radical (unpaired) electrons. The van der Waals surface area contributed by atoms with Crippen molar-refractivity contribution in [2.45, 2.75) is 38.5 Å². The third kappa shape index (κ3) is 16.7. The molecule has 366 valence electrons. The van der Waals surface area contributed by atoms with E-state index in [1.165, 1.54) is 62.8 Å². The molecule has 0 aliphatic heterocycles. The number of hydrogen-bond acceptors (Lipinski definition) is 9. The second kappa shape index (κ2) is 24.4. The summed E-state index contributed by atoms with van der Waals surface area (Å²) in [6.07, 6.45) is -4.59. The van der Waals surface area contributed by atoms with Gasteiger partial charge in [0.2, 0.25) is 0 Å². The van der Waals surface area contributed by atoms with Crippen LogP contribution in [-0.4, -0.2) is 53.2 Å². The maximum Gasteiger partial charge on any atom is 0.417 e. The highest BCUT2D eigenvalue weighted by molar-refractivity contribution is 6.32. The van der Waals surface area contributed by atoms with Crippen LogP contribution in [0.5, 0.6) is 23.0 Å². The van der Waals surface area contributed by atoms with Gasteiger partial charge in [-0.15, -0.1) is 0 Å². The van der Waals surface area contributed by atoms with Gasteiger partial charge >= 0.3 is 24.4 Å². The van der Waals surface area contributed by atoms with Crippen LogP contribution in [0.2, 0.25) is 10.0 Å². The fourth-order valence-electron chi connectivity index (χ4n) is 5.83. The summed E-state index contributed by atoms with van der Waals surface area (Å²) in [7, 11) is 1.49. The summed E-state index contributed by atoms with van der Waals surface area (Å²) in [5, 5.41) is 13.9. The lowest BCUT2D eigenvalue weighted by Gasteiger charge is -2.12. The lowest BCUT2D eigenvalue weighted by atomic mass is 10.2. The first kappa shape index (κ1) is 53.1. The van der Waals surface area contributed by atoms with Gasteiger partial charge in [-0.3, -0.25) is 19.6 Å². The fourth-order valence-corrected chi connectivity index (χ4v) is 6.28. The van der Waals surface area contributed by atoms with E-state index in [1.807, 2.05) is 0 Å². The number of nitrogens with one attached hydrogen (secondary N) is 6. The number of rotatable bonds is 15. The largest absolute Gasteiger partial charge is 0.457 e. The molecule has 0 saturated heterocycles. The Balaban J connectivity index is 0.000000265. The number of ketones is 1. The van der Waals surface area contributed by atoms with E-state index < -0.39 is 45.6 Å². The predicted molar refractivity (Wildman–Crippen MR) is 250 cm³/mol. The smallest absolute Gasteiger partial charge is 0.417 e. The van der Waals surface area contributed by atoms with Crippen LogP contribution in [-0.2, 0) is 17.1 Å². The molecular formula is C47H40Cl2F6N8O7. The first-order valence-corrected chi connectivity index (χ1v) is 21.3. The van der Waals surface area contributed by atoms with Gasteiger partial charge in [0.15, 0.2) is 0 Å². The van der Waals surface area contributed by atoms with Gasteiger partial charge in [0.05, 0.1) is 21.2 Å². The normalized spacial score (nSPS) is 10.9. The van der Waals surface area contributed by atoms with Crippen LogP contribution in [0.1, 0.15) is 58.3 Å². The summed E-state index contributed by atoms with van der Waals surface area (Å²) in [6.45, 7) is 1.94. The molecule has 0 spiro atoms. The minimum atomic E-state index is -4.66. The van der Waals surface area contributed by atoms with Crippen molar-refractivity contribution < 1.29 is 59.8 Å². The van der Waals surface area contributed by atoms with Crippen molar-refractivity contribution in [1.82, 2.24) is 20.6 Å². The second-order valence-electron chi connectivity index (χ2n) is 14.5. The van der Waals surface area contributed by atoms with Gasteiger partial charge < -0.3 is 46.2 Å². The Morgan fingerprint density at radius 3 is 1.33 bits per heavy atom. The molecule has 15 nitrogen and oxygen atoms in total. The molecule has 0 saturated carbocycles. The zero-order valence-corrected chi connectivity index (χ0v) is 38.2. The SMILES string of the molecule is CC(=O)CCCCNC(=O)c1cc(Oc2ccc(NC(=O)Nc3ccc(Cl)c(C(F)(F)F)c3)cc2)ccn1.CNC(=O)c1cc(Oc2ccc(NC(=O)Nc3ccc(Cl)c(C(F)(F)F)c3)cc2)ccn1. The molecule has 2 heterocycles. The van der Waals surface area contributed by atoms with Crippen molar-refractivity contribution in [3.8, 4) is 23.0 Å². The van der Waals surface area contributed by atoms with E-state index in [0.29, 0.717) is 60.2 Å². The summed E-state index contributed by atoms with van der Waals surface area (Å²) in [5.74, 6) is 0.971. The summed E-state index contributed by atoms with van der Waals surface area (Å²) in [6, 6.07) is 23.2. The minimum absolute atomic E-state index is 0.0659. The number of anilines is 4. The summed E-state index contributed by atoms with van der Waals surface area (Å²) in [5.41, 5.74) is -1.15. The van der Waals surface area contributed by atoms with Gasteiger partial charge in [-0.1, -0.05) is 23.2 Å². The monoisotopic (exact) mass is 1010 g/mol. The molecule has 70 heavy (non-hydrogen) atoms. The molecule has 0 aliphatic rings. The average molecular weight is 1010 g/mol. The van der Waals surface area contributed by atoms with E-state index in [2.05, 4.69) is 41.9 Å². The average Bonchev–Trinajstić information content (AvgIpc) is 3.30. The first-order chi connectivity index (χ1) is 33.2. The Morgan fingerprint density at radius 2 is 0.929 bits per heavy atom. The van der Waals surface area contributed by atoms with Crippen molar-refractivity contribution >= 4 is 75.6 Å². The minimum Gasteiger partial charge on any atom is -0.457 e. The Labute approximate surface area is 405 Å². The number of carbonyl (C=O) groups is 5. The van der Waals surface area contributed by atoms with Gasteiger partial charge in [-0.2, -0.15) is 26.3 Å². The number of hydrogen-bond donors (Lipinski definition) is 6. The number of halogens is 8. The molecule has 6 aromatic rings. The number of unbranched alkanes of at least 4 members (excludes halogenated alkanes) is 1. The summed E-state index contributed by atoms with van der Waals surface area (Å²) in [4.78, 5) is 67.2. The Hall–Kier alpha value is -7.91. The molecule has 4 aromatic carbocycles. The Kier molecular flexibility index (Phi) is 18.5. The third-order valence-corrected chi connectivity index (χ3v) is 9.81. The van der Waals surface area contributed by atoms with Gasteiger partial charge in [-0.25, -0.2) is 9.59 Å². The van der Waals surface area contributed by atoms with Crippen LogP contribution in [0.25, 0.3) is 0 Å². The highest BCUT2D eigenvalue weighted by atomic mass is 35.5. The standard InChI is InChI=1S/C26H24ClF3N4O4.C21H16ClF3N4O3/c1-16(35)4-2-3-12-32-24(36)23-15-20(11-13-31-23)38-19-8-5-17(6-9-19)33-25(37)34-18-7-10-22(27)21(14-18)26(28,29)30;1-26-19(30)18-11-15(8-9-27-18)32-14-5-2-12(3-6-14)28-20(31)29-13-4-7-17(22)16(10-13)21(23,24)25/h5-11,13-15H,2-4,12H2,1H3,(H,32,36)(H2,33,34,37);2-11H,1H3,(H,26,30)(H2,28,29,31). The molecule has 0 bridgehead atoms. The third-order valence-electron chi connectivity index (χ3n) is 9.15. The summed E-state index contributed by atoms with van der Waals surface area (Å²) < 4.78 is 89.2. The summed E-state index contributed by atoms with van der Waals surface area (Å²) >= 11 is 11.2. The number of Topliss-reactive ketones (excluding diaryl/α,β-unsaturated/α-hetero) is 1. The number of alkyl halides is 6. The number of amides is 6. The Bertz CT molecular complexity index is 2820. The van der Waals surface area contributed by atoms with Gasteiger partial charge in [-0.05, 0) is 117 Å². The number of pyridine rings is 2. The fraction of sp³-hybridized carbons (Fsp3) is 0.170. The molecule has 6 N–H and O–H groups in total. The zero-order valence-electron chi connectivity index (χ0n) is 36.7. The molecule has 0 fully saturated rings. The maximum atomic E-state index is 13.0. The van der Waals surface area contributed by atoms with Crippen LogP contribution >= 0.6 is 23.2 Å². The van der Waals surface area contributed by atoms with Crippen LogP contribution in [0.15, 0.2) is 122 Å². The predicted octanol–water partition coefficient (Wildman–Crippen LogP) is 12.2. The van der Waals surface area contributed by atoms with Crippen molar-refractivity contribution in [3.05, 3.63) is 154 Å². The van der Waals surface area contributed by atoms with Crippen molar-refractivity contribution in [2.24, 2.45) is 0 Å². The van der Waals surface area contributed by atoms with Gasteiger partial charge in [0, 0.05) is 67.3 Å². The molecule has 2 aromatic heterocycles. The van der Waals surface area contributed by atoms with E-state index >= 15 is 0 Å². The lowest BCUT2D eigenvalue weighted by Crippen LogP contribution is -2.25. The van der Waals surface area contributed by atoms with Crippen LogP contribution in [0.4, 0.5) is 58.7 Å². The number of carbonyl (C=O) groups excluding carboxylic acids is 5. The van der Waals surface area contributed by atoms with E-state index in [4.69, 9.17) is 32.7 Å². The molecule has 0 aliphatic carbocycles. The van der Waals surface area contributed by atoms with Crippen molar-refractivity contribution in [1.29, 1.82) is 0 Å². The number of aromatic nitrogens is 2. The molecular weight excluding hydrogens is 973 g/mol. The van der Waals surface area contributed by atoms with E-state index in [9.17, 15) is 50.3 Å². The highest BCUT2D eigenvalue weighted by Crippen LogP contribution is 2.37. The number of urea groups is 2. The molecule has 0 atom stereocenters. The van der Waals surface area contributed by atoms with Crippen LogP contribution in [0.3, 0.4) is 0 Å². The van der Waals surface area contributed by atoms with E-state index in [1.54, 1.807) is 48.5 Å². The number of ether oxygens (including phenoxy) is 2. The Morgan fingerprint density at radius 1 is 0.529 bits per heavy atom. The van der Waals surface area contributed by atoms with Crippen LogP contribution < -0.4 is 41.4 Å². The quantitative estimate of drug-likeness (QED) is 0.0427. The van der Waals surface area contributed by atoms with E-state index in [-0.39, 0.29) is 40.4 Å². The highest BCUT2D eigenvalue weighted by Gasteiger charge is 2.34. The zero-order chi connectivity index (χ0) is 51.0. The molecule has 6 rings (SSSR count). The molecule has 23 heteroatoms. The van der Waals surface area contributed by atoms with E-state index in [0.717, 1.165) is 24.3 Å². The first-order valence-electron chi connectivity index (χ1n) is 20.5. The molecule has 0 unspecified atom stereocenters. The molecule has 6 amide bonds. The number of nitrogens with zero attached hydrogens (tertiary/aromatic N) is 2. The van der Waals surface area contributed by atoms with Gasteiger partial charge in [0.25, 0.3) is 11.8 Å². The second-order valence-corrected chi connectivity index (χ2v) is 15.4. The number of benzene rings is 4. The van der Waals surface area contributed by atoms with Gasteiger partial charge in [0.1, 0.15) is 40.2 Å². The topological polar surface area (TPSA) is 202 Å². The van der Waals surface area contributed by atoms with Crippen LogP contribution in [0, 0.1) is 0 Å². The lowest BCUT2D eigenvalue weighted by molar-refractivity contribution is -0.138. The van der Waals surface area contributed by atoms with Crippen molar-refractivity contribution in [3.63, 3.8) is 0 Å². The van der Waals surface area contributed by atoms with Crippen molar-refractivity contribution in [2.75, 3.05) is 34.9 Å².